The number of ether oxygens (including phenoxy) is 1. The Balaban J connectivity index is 2.20. The molecule has 0 radical (unpaired) electrons. The van der Waals surface area contributed by atoms with Crippen LogP contribution in [0.1, 0.15) is 51.2 Å². The summed E-state index contributed by atoms with van der Waals surface area (Å²) in [5.41, 5.74) is 0.620. The highest BCUT2D eigenvalue weighted by Gasteiger charge is 2.15. The molecule has 0 aliphatic heterocycles. The van der Waals surface area contributed by atoms with Gasteiger partial charge >= 0.3 is 6.09 Å². The van der Waals surface area contributed by atoms with Gasteiger partial charge in [0.1, 0.15) is 5.60 Å². The van der Waals surface area contributed by atoms with Crippen molar-refractivity contribution in [3.05, 3.63) is 16.1 Å². The topological polar surface area (TPSA) is 87.6 Å². The Morgan fingerprint density at radius 3 is 2.58 bits per heavy atom. The minimum absolute atomic E-state index is 0.385. The summed E-state index contributed by atoms with van der Waals surface area (Å²) >= 11 is 1.71. The Morgan fingerprint density at radius 1 is 1.23 bits per heavy atom. The molecule has 148 valence electrons. The Bertz CT molecular complexity index is 566. The monoisotopic (exact) mass is 383 g/mol. The van der Waals surface area contributed by atoms with Crippen molar-refractivity contribution in [2.24, 2.45) is 4.99 Å². The lowest BCUT2D eigenvalue weighted by Crippen LogP contribution is -2.38. The first-order valence-electron chi connectivity index (χ1n) is 9.20. The molecule has 1 aromatic heterocycles. The van der Waals surface area contributed by atoms with Gasteiger partial charge in [0.2, 0.25) is 0 Å². The van der Waals surface area contributed by atoms with E-state index in [1.807, 2.05) is 34.6 Å². The third-order valence-electron chi connectivity index (χ3n) is 3.14. The van der Waals surface area contributed by atoms with Crippen LogP contribution in [0, 0.1) is 6.92 Å². The van der Waals surface area contributed by atoms with Crippen LogP contribution in [0.3, 0.4) is 0 Å². The first kappa shape index (κ1) is 22.2. The van der Waals surface area contributed by atoms with E-state index in [1.54, 1.807) is 11.3 Å². The van der Waals surface area contributed by atoms with Crippen LogP contribution in [0.4, 0.5) is 4.79 Å². The van der Waals surface area contributed by atoms with Crippen molar-refractivity contribution in [2.75, 3.05) is 26.2 Å². The molecule has 0 saturated carbocycles. The fourth-order valence-corrected chi connectivity index (χ4v) is 2.90. The number of carbonyl (C=O) groups excluding carboxylic acids is 1. The molecule has 1 aromatic rings. The van der Waals surface area contributed by atoms with Gasteiger partial charge in [-0.25, -0.2) is 9.78 Å². The first-order valence-corrected chi connectivity index (χ1v) is 10.1. The summed E-state index contributed by atoms with van der Waals surface area (Å²) < 4.78 is 5.19. The van der Waals surface area contributed by atoms with Gasteiger partial charge in [0.05, 0.1) is 5.01 Å². The van der Waals surface area contributed by atoms with E-state index in [4.69, 9.17) is 4.74 Å². The van der Waals surface area contributed by atoms with Crippen LogP contribution in [0.5, 0.6) is 0 Å². The number of guanidine groups is 1. The van der Waals surface area contributed by atoms with E-state index in [0.29, 0.717) is 13.1 Å². The molecule has 8 heteroatoms. The van der Waals surface area contributed by atoms with Crippen molar-refractivity contribution in [3.8, 4) is 0 Å². The van der Waals surface area contributed by atoms with Gasteiger partial charge in [-0.05, 0) is 47.5 Å². The molecule has 0 saturated heterocycles. The molecule has 1 heterocycles. The number of hydrogen-bond donors (Lipinski definition) is 3. The highest BCUT2D eigenvalue weighted by molar-refractivity contribution is 7.09. The summed E-state index contributed by atoms with van der Waals surface area (Å²) in [6.45, 7) is 12.4. The van der Waals surface area contributed by atoms with Crippen molar-refractivity contribution < 1.29 is 9.53 Å². The smallest absolute Gasteiger partial charge is 0.407 e. The van der Waals surface area contributed by atoms with Gasteiger partial charge in [-0.1, -0.05) is 0 Å². The number of aliphatic imine (C=N–C) groups is 1. The SMILES string of the molecule is CCNC(=NCCCNC(=O)OC(C)(C)C)NCCCc1nc(C)cs1. The third-order valence-corrected chi connectivity index (χ3v) is 4.17. The number of carbonyl (C=O) groups is 1. The molecule has 0 fully saturated rings. The minimum Gasteiger partial charge on any atom is -0.444 e. The second-order valence-corrected chi connectivity index (χ2v) is 7.90. The van der Waals surface area contributed by atoms with Gasteiger partial charge in [0, 0.05) is 43.7 Å². The Hall–Kier alpha value is -1.83. The maximum Gasteiger partial charge on any atom is 0.407 e. The number of rotatable bonds is 9. The zero-order valence-corrected chi connectivity index (χ0v) is 17.5. The van der Waals surface area contributed by atoms with Crippen LogP contribution in [0.25, 0.3) is 0 Å². The summed E-state index contributed by atoms with van der Waals surface area (Å²) in [5, 5.41) is 12.6. The molecule has 0 unspecified atom stereocenters. The lowest BCUT2D eigenvalue weighted by atomic mass is 10.2. The maximum absolute atomic E-state index is 11.6. The van der Waals surface area contributed by atoms with E-state index in [1.165, 1.54) is 5.01 Å². The van der Waals surface area contributed by atoms with Crippen LogP contribution in [0.2, 0.25) is 0 Å². The average Bonchev–Trinajstić information content (AvgIpc) is 2.94. The highest BCUT2D eigenvalue weighted by atomic mass is 32.1. The second kappa shape index (κ2) is 11.7. The van der Waals surface area contributed by atoms with Crippen molar-refractivity contribution >= 4 is 23.4 Å². The predicted octanol–water partition coefficient (Wildman–Crippen LogP) is 2.85. The van der Waals surface area contributed by atoms with Crippen molar-refractivity contribution in [1.82, 2.24) is 20.9 Å². The Labute approximate surface area is 161 Å². The standard InChI is InChI=1S/C18H33N5O2S/c1-6-19-16(20-10-7-9-15-23-14(2)13-26-15)21-11-8-12-22-17(24)25-18(3,4)5/h13H,6-12H2,1-5H3,(H,22,24)(H2,19,20,21). The largest absolute Gasteiger partial charge is 0.444 e. The fourth-order valence-electron chi connectivity index (χ4n) is 2.08. The number of thiazole rings is 1. The molecule has 0 aromatic carbocycles. The van der Waals surface area contributed by atoms with Crippen LogP contribution in [0.15, 0.2) is 10.4 Å². The normalized spacial score (nSPS) is 12.0. The lowest BCUT2D eigenvalue weighted by Gasteiger charge is -2.19. The molecule has 0 bridgehead atoms. The number of nitrogens with zero attached hydrogens (tertiary/aromatic N) is 2. The summed E-state index contributed by atoms with van der Waals surface area (Å²) in [6, 6.07) is 0. The lowest BCUT2D eigenvalue weighted by molar-refractivity contribution is 0.0527. The van der Waals surface area contributed by atoms with Gasteiger partial charge in [-0.15, -0.1) is 11.3 Å². The summed E-state index contributed by atoms with van der Waals surface area (Å²) in [6.07, 6.45) is 2.36. The Morgan fingerprint density at radius 2 is 1.96 bits per heavy atom. The van der Waals surface area contributed by atoms with Crippen molar-refractivity contribution in [3.63, 3.8) is 0 Å². The van der Waals surface area contributed by atoms with Crippen LogP contribution >= 0.6 is 11.3 Å². The number of aromatic nitrogens is 1. The third kappa shape index (κ3) is 10.9. The van der Waals surface area contributed by atoms with E-state index in [2.05, 4.69) is 31.3 Å². The molecule has 7 nitrogen and oxygen atoms in total. The molecule has 1 amide bonds. The number of nitrogens with one attached hydrogen (secondary N) is 3. The van der Waals surface area contributed by atoms with E-state index >= 15 is 0 Å². The van der Waals surface area contributed by atoms with Gasteiger partial charge in [0.25, 0.3) is 0 Å². The number of alkyl carbamates (subject to hydrolysis) is 1. The quantitative estimate of drug-likeness (QED) is 0.347. The molecule has 0 aliphatic carbocycles. The van der Waals surface area contributed by atoms with Gasteiger partial charge in [-0.3, -0.25) is 4.99 Å². The molecule has 0 aliphatic rings. The summed E-state index contributed by atoms with van der Waals surface area (Å²) in [5.74, 6) is 0.806. The maximum atomic E-state index is 11.6. The molecule has 3 N–H and O–H groups in total. The first-order chi connectivity index (χ1) is 12.3. The van der Waals surface area contributed by atoms with Gasteiger partial charge < -0.3 is 20.7 Å². The predicted molar refractivity (Wildman–Crippen MR) is 108 cm³/mol. The molecule has 26 heavy (non-hydrogen) atoms. The zero-order chi connectivity index (χ0) is 19.4. The van der Waals surface area contributed by atoms with Crippen molar-refractivity contribution in [2.45, 2.75) is 59.5 Å². The number of hydrogen-bond acceptors (Lipinski definition) is 5. The fraction of sp³-hybridized carbons (Fsp3) is 0.722. The van der Waals surface area contributed by atoms with E-state index in [0.717, 1.165) is 44.0 Å². The summed E-state index contributed by atoms with van der Waals surface area (Å²) in [7, 11) is 0. The Kier molecular flexibility index (Phi) is 10.0. The summed E-state index contributed by atoms with van der Waals surface area (Å²) in [4.78, 5) is 20.5. The second-order valence-electron chi connectivity index (χ2n) is 6.96. The molecular weight excluding hydrogens is 350 g/mol. The number of aryl methyl sites for hydroxylation is 2. The van der Waals surface area contributed by atoms with E-state index < -0.39 is 5.60 Å². The van der Waals surface area contributed by atoms with E-state index in [9.17, 15) is 4.79 Å². The van der Waals surface area contributed by atoms with Crippen molar-refractivity contribution in [1.29, 1.82) is 0 Å². The zero-order valence-electron chi connectivity index (χ0n) is 16.6. The molecular formula is C18H33N5O2S. The van der Waals surface area contributed by atoms with Crippen LogP contribution < -0.4 is 16.0 Å². The van der Waals surface area contributed by atoms with Crippen LogP contribution in [-0.2, 0) is 11.2 Å². The van der Waals surface area contributed by atoms with Gasteiger partial charge in [0.15, 0.2) is 5.96 Å². The molecule has 0 spiro atoms. The average molecular weight is 384 g/mol. The molecule has 1 rings (SSSR count). The van der Waals surface area contributed by atoms with Gasteiger partial charge in [-0.2, -0.15) is 0 Å². The minimum atomic E-state index is -0.471. The molecule has 0 atom stereocenters. The van der Waals surface area contributed by atoms with Crippen LogP contribution in [-0.4, -0.2) is 48.8 Å². The highest BCUT2D eigenvalue weighted by Crippen LogP contribution is 2.10. The van der Waals surface area contributed by atoms with E-state index in [-0.39, 0.29) is 6.09 Å². The number of amides is 1.